The van der Waals surface area contributed by atoms with Gasteiger partial charge >= 0.3 is 0 Å². The summed E-state index contributed by atoms with van der Waals surface area (Å²) in [7, 11) is 0. The molecule has 1 aromatic heterocycles. The number of nitrogens with zero attached hydrogens (tertiary/aromatic N) is 5. The Balaban J connectivity index is 0.00000243. The molecule has 0 aromatic carbocycles. The van der Waals surface area contributed by atoms with Crippen molar-refractivity contribution in [2.45, 2.75) is 32.4 Å². The molecular formula is C17H29IN6O2. The zero-order chi connectivity index (χ0) is 17.5. The number of ether oxygens (including phenoxy) is 1. The zero-order valence-electron chi connectivity index (χ0n) is 15.3. The number of hydrogen-bond acceptors (Lipinski definition) is 4. The predicted octanol–water partition coefficient (Wildman–Crippen LogP) is 0.790. The average Bonchev–Trinajstić information content (AvgIpc) is 3.34. The second-order valence-electron chi connectivity index (χ2n) is 6.35. The van der Waals surface area contributed by atoms with Gasteiger partial charge in [0, 0.05) is 58.3 Å². The van der Waals surface area contributed by atoms with Gasteiger partial charge in [-0.25, -0.2) is 4.98 Å². The summed E-state index contributed by atoms with van der Waals surface area (Å²) >= 11 is 0. The van der Waals surface area contributed by atoms with Crippen LogP contribution in [0, 0.1) is 0 Å². The smallest absolute Gasteiger partial charge is 0.251 e. The van der Waals surface area contributed by atoms with Crippen LogP contribution in [-0.2, 0) is 16.1 Å². The molecular weight excluding hydrogens is 447 g/mol. The van der Waals surface area contributed by atoms with Crippen LogP contribution < -0.4 is 5.32 Å². The second-order valence-corrected chi connectivity index (χ2v) is 6.35. The van der Waals surface area contributed by atoms with Crippen LogP contribution in [0.2, 0.25) is 0 Å². The van der Waals surface area contributed by atoms with Crippen molar-refractivity contribution in [1.29, 1.82) is 0 Å². The van der Waals surface area contributed by atoms with Crippen LogP contribution in [0.4, 0.5) is 0 Å². The van der Waals surface area contributed by atoms with Crippen LogP contribution in [0.25, 0.3) is 0 Å². The molecule has 1 aromatic rings. The largest absolute Gasteiger partial charge is 0.368 e. The summed E-state index contributed by atoms with van der Waals surface area (Å²) in [4.78, 5) is 25.4. The highest BCUT2D eigenvalue weighted by atomic mass is 127. The molecule has 3 rings (SSSR count). The first-order valence-corrected chi connectivity index (χ1v) is 9.17. The maximum Gasteiger partial charge on any atom is 0.251 e. The van der Waals surface area contributed by atoms with Crippen molar-refractivity contribution in [2.75, 3.05) is 45.9 Å². The monoisotopic (exact) mass is 476 g/mol. The van der Waals surface area contributed by atoms with Gasteiger partial charge in [-0.1, -0.05) is 0 Å². The van der Waals surface area contributed by atoms with Crippen molar-refractivity contribution in [1.82, 2.24) is 24.7 Å². The third-order valence-corrected chi connectivity index (χ3v) is 4.61. The Morgan fingerprint density at radius 3 is 2.69 bits per heavy atom. The minimum absolute atomic E-state index is 0. The lowest BCUT2D eigenvalue weighted by Crippen LogP contribution is -2.55. The molecule has 0 spiro atoms. The number of nitrogens with one attached hydrogen (secondary N) is 1. The van der Waals surface area contributed by atoms with Crippen LogP contribution in [-0.4, -0.2) is 83.2 Å². The molecule has 2 fully saturated rings. The second kappa shape index (κ2) is 10.7. The predicted molar refractivity (Wildman–Crippen MR) is 111 cm³/mol. The van der Waals surface area contributed by atoms with Crippen molar-refractivity contribution >= 4 is 35.8 Å². The van der Waals surface area contributed by atoms with Gasteiger partial charge < -0.3 is 24.4 Å². The van der Waals surface area contributed by atoms with Gasteiger partial charge in [0.1, 0.15) is 6.10 Å². The SMILES string of the molecule is CCNC(=NCCn1ccnc1)N1CCN(C(=O)C2CCCO2)CC1.I. The number of carbonyl (C=O) groups is 1. The summed E-state index contributed by atoms with van der Waals surface area (Å²) in [6.45, 7) is 8.19. The van der Waals surface area contributed by atoms with Gasteiger partial charge in [-0.2, -0.15) is 0 Å². The number of guanidine groups is 1. The summed E-state index contributed by atoms with van der Waals surface area (Å²) in [5.74, 6) is 1.08. The van der Waals surface area contributed by atoms with E-state index in [0.29, 0.717) is 13.2 Å². The fraction of sp³-hybridized carbons (Fsp3) is 0.706. The number of halogens is 1. The number of piperazine rings is 1. The van der Waals surface area contributed by atoms with Crippen LogP contribution in [0.1, 0.15) is 19.8 Å². The van der Waals surface area contributed by atoms with Gasteiger partial charge in [0.15, 0.2) is 5.96 Å². The molecule has 9 heteroatoms. The molecule has 1 atom stereocenters. The fourth-order valence-corrected chi connectivity index (χ4v) is 3.23. The molecule has 0 radical (unpaired) electrons. The molecule has 1 amide bonds. The van der Waals surface area contributed by atoms with Gasteiger partial charge in [-0.05, 0) is 19.8 Å². The molecule has 0 saturated carbocycles. The highest BCUT2D eigenvalue weighted by molar-refractivity contribution is 14.0. The van der Waals surface area contributed by atoms with Gasteiger partial charge in [0.25, 0.3) is 5.91 Å². The standard InChI is InChI=1S/C17H28N6O2.HI/c1-2-19-17(20-6-8-21-7-5-18-14-21)23-11-9-22(10-12-23)16(24)15-4-3-13-25-15;/h5,7,14-15H,2-4,6,8-13H2,1H3,(H,19,20);1H. The lowest BCUT2D eigenvalue weighted by atomic mass is 10.2. The number of amides is 1. The maximum absolute atomic E-state index is 12.4. The quantitative estimate of drug-likeness (QED) is 0.387. The Morgan fingerprint density at radius 2 is 2.08 bits per heavy atom. The van der Waals surface area contributed by atoms with E-state index in [9.17, 15) is 4.79 Å². The van der Waals surface area contributed by atoms with E-state index in [-0.39, 0.29) is 36.0 Å². The maximum atomic E-state index is 12.4. The summed E-state index contributed by atoms with van der Waals surface area (Å²) < 4.78 is 7.54. The molecule has 2 aliphatic heterocycles. The first-order valence-electron chi connectivity index (χ1n) is 9.17. The van der Waals surface area contributed by atoms with Crippen molar-refractivity contribution in [2.24, 2.45) is 4.99 Å². The third kappa shape index (κ3) is 5.57. The summed E-state index contributed by atoms with van der Waals surface area (Å²) in [6.07, 6.45) is 7.15. The van der Waals surface area contributed by atoms with Gasteiger partial charge in [-0.15, -0.1) is 24.0 Å². The van der Waals surface area contributed by atoms with E-state index in [4.69, 9.17) is 9.73 Å². The van der Waals surface area contributed by atoms with Crippen LogP contribution in [0.3, 0.4) is 0 Å². The molecule has 0 aliphatic carbocycles. The van der Waals surface area contributed by atoms with E-state index in [1.807, 2.05) is 15.7 Å². The number of rotatable bonds is 5. The lowest BCUT2D eigenvalue weighted by molar-refractivity contribution is -0.142. The lowest BCUT2D eigenvalue weighted by Gasteiger charge is -2.37. The minimum atomic E-state index is -0.219. The van der Waals surface area contributed by atoms with E-state index < -0.39 is 0 Å². The number of aliphatic imine (C=N–C) groups is 1. The molecule has 146 valence electrons. The normalized spacial score (nSPS) is 20.8. The Bertz CT molecular complexity index is 566. The van der Waals surface area contributed by atoms with Crippen molar-refractivity contribution in [3.63, 3.8) is 0 Å². The summed E-state index contributed by atoms with van der Waals surface area (Å²) in [5.41, 5.74) is 0. The molecule has 8 nitrogen and oxygen atoms in total. The Morgan fingerprint density at radius 1 is 1.31 bits per heavy atom. The van der Waals surface area contributed by atoms with E-state index in [1.54, 1.807) is 12.5 Å². The van der Waals surface area contributed by atoms with E-state index >= 15 is 0 Å². The average molecular weight is 476 g/mol. The first-order chi connectivity index (χ1) is 12.3. The van der Waals surface area contributed by atoms with Gasteiger partial charge in [0.2, 0.25) is 0 Å². The van der Waals surface area contributed by atoms with E-state index in [0.717, 1.165) is 58.1 Å². The molecule has 26 heavy (non-hydrogen) atoms. The zero-order valence-corrected chi connectivity index (χ0v) is 17.7. The fourth-order valence-electron chi connectivity index (χ4n) is 3.23. The van der Waals surface area contributed by atoms with E-state index in [2.05, 4.69) is 22.1 Å². The first kappa shape index (κ1) is 20.9. The number of imidazole rings is 1. The Kier molecular flexibility index (Phi) is 8.63. The molecule has 3 heterocycles. The molecule has 0 bridgehead atoms. The van der Waals surface area contributed by atoms with Crippen molar-refractivity contribution in [3.05, 3.63) is 18.7 Å². The van der Waals surface area contributed by atoms with Crippen LogP contribution >= 0.6 is 24.0 Å². The highest BCUT2D eigenvalue weighted by Crippen LogP contribution is 2.16. The highest BCUT2D eigenvalue weighted by Gasteiger charge is 2.30. The number of carbonyl (C=O) groups excluding carboxylic acids is 1. The Labute approximate surface area is 172 Å². The minimum Gasteiger partial charge on any atom is -0.368 e. The summed E-state index contributed by atoms with van der Waals surface area (Å²) in [5, 5.41) is 3.35. The van der Waals surface area contributed by atoms with E-state index in [1.165, 1.54) is 0 Å². The van der Waals surface area contributed by atoms with Crippen molar-refractivity contribution < 1.29 is 9.53 Å². The van der Waals surface area contributed by atoms with Crippen molar-refractivity contribution in [3.8, 4) is 0 Å². The van der Waals surface area contributed by atoms with Crippen LogP contribution in [0.5, 0.6) is 0 Å². The van der Waals surface area contributed by atoms with Crippen LogP contribution in [0.15, 0.2) is 23.7 Å². The topological polar surface area (TPSA) is 75.0 Å². The molecule has 2 aliphatic rings. The molecule has 2 saturated heterocycles. The molecule has 1 N–H and O–H groups in total. The Hall–Kier alpha value is -1.36. The number of hydrogen-bond donors (Lipinski definition) is 1. The van der Waals surface area contributed by atoms with Gasteiger partial charge in [-0.3, -0.25) is 9.79 Å². The summed E-state index contributed by atoms with van der Waals surface area (Å²) in [6, 6.07) is 0. The third-order valence-electron chi connectivity index (χ3n) is 4.61. The number of aromatic nitrogens is 2. The molecule has 1 unspecified atom stereocenters. The van der Waals surface area contributed by atoms with Gasteiger partial charge in [0.05, 0.1) is 12.9 Å².